The van der Waals surface area contributed by atoms with Crippen LogP contribution < -0.4 is 4.74 Å². The molecule has 1 aromatic heterocycles. The van der Waals surface area contributed by atoms with Crippen LogP contribution in [0.1, 0.15) is 28.5 Å². The molecule has 0 radical (unpaired) electrons. The number of carboxylic acids is 1. The van der Waals surface area contributed by atoms with Crippen LogP contribution >= 0.6 is 0 Å². The van der Waals surface area contributed by atoms with Gasteiger partial charge in [0.05, 0.1) is 6.61 Å². The lowest BCUT2D eigenvalue weighted by Gasteiger charge is -2.05. The molecular formula is C15H15NO3. The second-order valence-electron chi connectivity index (χ2n) is 4.11. The van der Waals surface area contributed by atoms with Gasteiger partial charge in [0.15, 0.2) is 0 Å². The summed E-state index contributed by atoms with van der Waals surface area (Å²) in [6, 6.07) is 11.2. The Morgan fingerprint density at radius 3 is 2.37 bits per heavy atom. The van der Waals surface area contributed by atoms with E-state index >= 15 is 0 Å². The average molecular weight is 257 g/mol. The summed E-state index contributed by atoms with van der Waals surface area (Å²) in [6.07, 6.45) is 2.32. The van der Waals surface area contributed by atoms with Crippen LogP contribution in [0.4, 0.5) is 0 Å². The number of benzene rings is 1. The van der Waals surface area contributed by atoms with Gasteiger partial charge in [0.1, 0.15) is 11.4 Å². The van der Waals surface area contributed by atoms with Crippen molar-refractivity contribution in [1.82, 2.24) is 4.98 Å². The van der Waals surface area contributed by atoms with Gasteiger partial charge < -0.3 is 9.84 Å². The van der Waals surface area contributed by atoms with Crippen molar-refractivity contribution in [2.75, 3.05) is 6.61 Å². The number of rotatable bonds is 5. The molecule has 0 atom stereocenters. The minimum atomic E-state index is -1.01. The van der Waals surface area contributed by atoms with Crippen molar-refractivity contribution in [3.63, 3.8) is 0 Å². The van der Waals surface area contributed by atoms with Crippen molar-refractivity contribution in [3.05, 3.63) is 59.4 Å². The van der Waals surface area contributed by atoms with Gasteiger partial charge in [-0.3, -0.25) is 0 Å². The predicted molar refractivity (Wildman–Crippen MR) is 71.6 cm³/mol. The topological polar surface area (TPSA) is 59.4 Å². The van der Waals surface area contributed by atoms with Gasteiger partial charge in [-0.25, -0.2) is 9.78 Å². The fraction of sp³-hybridized carbons (Fsp3) is 0.200. The zero-order valence-electron chi connectivity index (χ0n) is 10.7. The first-order valence-electron chi connectivity index (χ1n) is 6.09. The average Bonchev–Trinajstić information content (AvgIpc) is 2.42. The van der Waals surface area contributed by atoms with Crippen molar-refractivity contribution in [2.45, 2.75) is 13.3 Å². The van der Waals surface area contributed by atoms with Gasteiger partial charge in [0, 0.05) is 6.20 Å². The number of pyridine rings is 1. The maximum absolute atomic E-state index is 10.7. The predicted octanol–water partition coefficient (Wildman–Crippen LogP) is 2.77. The first kappa shape index (κ1) is 13.1. The summed E-state index contributed by atoms with van der Waals surface area (Å²) in [7, 11) is 0. The first-order chi connectivity index (χ1) is 9.19. The minimum absolute atomic E-state index is 0.0652. The lowest BCUT2D eigenvalue weighted by molar-refractivity contribution is 0.0690. The van der Waals surface area contributed by atoms with Crippen LogP contribution in [0, 0.1) is 0 Å². The Morgan fingerprint density at radius 1 is 1.16 bits per heavy atom. The molecule has 2 aromatic rings. The van der Waals surface area contributed by atoms with Gasteiger partial charge >= 0.3 is 5.97 Å². The fourth-order valence-electron chi connectivity index (χ4n) is 1.76. The number of aromatic nitrogens is 1. The maximum atomic E-state index is 10.7. The third-order valence-corrected chi connectivity index (χ3v) is 2.69. The second-order valence-corrected chi connectivity index (χ2v) is 4.11. The number of ether oxygens (including phenoxy) is 1. The molecule has 98 valence electrons. The minimum Gasteiger partial charge on any atom is -0.494 e. The highest BCUT2D eigenvalue weighted by atomic mass is 16.5. The third kappa shape index (κ3) is 3.55. The van der Waals surface area contributed by atoms with Gasteiger partial charge in [0.2, 0.25) is 0 Å². The molecule has 4 heteroatoms. The van der Waals surface area contributed by atoms with Crippen molar-refractivity contribution in [2.24, 2.45) is 0 Å². The Balaban J connectivity index is 2.06. The zero-order valence-corrected chi connectivity index (χ0v) is 10.7. The Bertz CT molecular complexity index is 547. The van der Waals surface area contributed by atoms with Crippen LogP contribution in [0.2, 0.25) is 0 Å². The number of hydrogen-bond acceptors (Lipinski definition) is 3. The van der Waals surface area contributed by atoms with Crippen molar-refractivity contribution in [3.8, 4) is 5.75 Å². The standard InChI is InChI=1S/C15H15NO3/c1-2-19-13-6-3-11(4-7-13)9-12-5-8-14(15(17)18)16-10-12/h3-8,10H,2,9H2,1H3,(H,17,18). The number of carboxylic acid groups (broad SMARTS) is 1. The first-order valence-corrected chi connectivity index (χ1v) is 6.09. The summed E-state index contributed by atoms with van der Waals surface area (Å²) in [6.45, 7) is 2.60. The Kier molecular flexibility index (Phi) is 4.13. The lowest BCUT2D eigenvalue weighted by Crippen LogP contribution is -2.00. The molecule has 0 bridgehead atoms. The maximum Gasteiger partial charge on any atom is 0.354 e. The summed E-state index contributed by atoms with van der Waals surface area (Å²) >= 11 is 0. The summed E-state index contributed by atoms with van der Waals surface area (Å²) in [4.78, 5) is 14.6. The molecule has 0 fully saturated rings. The smallest absolute Gasteiger partial charge is 0.354 e. The van der Waals surface area contributed by atoms with E-state index in [1.807, 2.05) is 31.2 Å². The van der Waals surface area contributed by atoms with E-state index < -0.39 is 5.97 Å². The molecule has 4 nitrogen and oxygen atoms in total. The van der Waals surface area contributed by atoms with Gasteiger partial charge in [-0.1, -0.05) is 18.2 Å². The highest BCUT2D eigenvalue weighted by molar-refractivity contribution is 5.85. The van der Waals surface area contributed by atoms with E-state index in [9.17, 15) is 4.79 Å². The summed E-state index contributed by atoms with van der Waals surface area (Å²) in [5.41, 5.74) is 2.18. The molecule has 0 saturated heterocycles. The molecule has 0 aliphatic rings. The normalized spacial score (nSPS) is 10.2. The van der Waals surface area contributed by atoms with Crippen LogP contribution in [-0.4, -0.2) is 22.7 Å². The molecule has 19 heavy (non-hydrogen) atoms. The SMILES string of the molecule is CCOc1ccc(Cc2ccc(C(=O)O)nc2)cc1. The molecule has 0 unspecified atom stereocenters. The molecule has 0 aliphatic heterocycles. The Hall–Kier alpha value is -2.36. The molecule has 1 heterocycles. The van der Waals surface area contributed by atoms with E-state index in [1.54, 1.807) is 12.3 Å². The second kappa shape index (κ2) is 6.00. The highest BCUT2D eigenvalue weighted by Gasteiger charge is 2.04. The Morgan fingerprint density at radius 2 is 1.84 bits per heavy atom. The largest absolute Gasteiger partial charge is 0.494 e. The third-order valence-electron chi connectivity index (χ3n) is 2.69. The van der Waals surface area contributed by atoms with E-state index in [1.165, 1.54) is 6.07 Å². The summed E-state index contributed by atoms with van der Waals surface area (Å²) < 4.78 is 5.38. The highest BCUT2D eigenvalue weighted by Crippen LogP contribution is 2.15. The van der Waals surface area contributed by atoms with Crippen molar-refractivity contribution < 1.29 is 14.6 Å². The molecular weight excluding hydrogens is 242 g/mol. The number of hydrogen-bond donors (Lipinski definition) is 1. The molecule has 0 spiro atoms. The van der Waals surface area contributed by atoms with E-state index in [4.69, 9.17) is 9.84 Å². The Labute approximate surface area is 111 Å². The van der Waals surface area contributed by atoms with Crippen LogP contribution in [0.5, 0.6) is 5.75 Å². The van der Waals surface area contributed by atoms with Crippen LogP contribution in [-0.2, 0) is 6.42 Å². The molecule has 2 rings (SSSR count). The fourth-order valence-corrected chi connectivity index (χ4v) is 1.76. The van der Waals surface area contributed by atoms with Gasteiger partial charge in [-0.2, -0.15) is 0 Å². The number of nitrogens with zero attached hydrogens (tertiary/aromatic N) is 1. The van der Waals surface area contributed by atoms with Gasteiger partial charge in [-0.15, -0.1) is 0 Å². The molecule has 0 aliphatic carbocycles. The van der Waals surface area contributed by atoms with Crippen molar-refractivity contribution >= 4 is 5.97 Å². The van der Waals surface area contributed by atoms with Crippen LogP contribution in [0.3, 0.4) is 0 Å². The van der Waals surface area contributed by atoms with E-state index in [-0.39, 0.29) is 5.69 Å². The molecule has 1 aromatic carbocycles. The number of carbonyl (C=O) groups is 1. The molecule has 1 N–H and O–H groups in total. The molecule has 0 amide bonds. The summed E-state index contributed by atoms with van der Waals surface area (Å²) in [5.74, 6) is -0.154. The van der Waals surface area contributed by atoms with E-state index in [2.05, 4.69) is 4.98 Å². The van der Waals surface area contributed by atoms with Crippen molar-refractivity contribution in [1.29, 1.82) is 0 Å². The van der Waals surface area contributed by atoms with Crippen LogP contribution in [0.25, 0.3) is 0 Å². The quantitative estimate of drug-likeness (QED) is 0.894. The molecule has 0 saturated carbocycles. The van der Waals surface area contributed by atoms with Gasteiger partial charge in [-0.05, 0) is 42.7 Å². The zero-order chi connectivity index (χ0) is 13.7. The van der Waals surface area contributed by atoms with Crippen LogP contribution in [0.15, 0.2) is 42.6 Å². The monoisotopic (exact) mass is 257 g/mol. The van der Waals surface area contributed by atoms with Gasteiger partial charge in [0.25, 0.3) is 0 Å². The summed E-state index contributed by atoms with van der Waals surface area (Å²) in [5, 5.41) is 8.77. The number of aromatic carboxylic acids is 1. The lowest BCUT2D eigenvalue weighted by atomic mass is 10.1. The van der Waals surface area contributed by atoms with E-state index in [0.29, 0.717) is 6.61 Å². The van der Waals surface area contributed by atoms with E-state index in [0.717, 1.165) is 23.3 Å².